The molecule has 1 aliphatic rings. The lowest BCUT2D eigenvalue weighted by atomic mass is 9.95. The van der Waals surface area contributed by atoms with Gasteiger partial charge in [-0.3, -0.25) is 9.78 Å². The van der Waals surface area contributed by atoms with Crippen LogP contribution in [0.4, 0.5) is 5.82 Å². The first-order valence-corrected chi connectivity index (χ1v) is 8.04. The van der Waals surface area contributed by atoms with Crippen molar-refractivity contribution in [3.63, 3.8) is 0 Å². The highest BCUT2D eigenvalue weighted by Crippen LogP contribution is 2.19. The molecule has 1 saturated heterocycles. The monoisotopic (exact) mass is 326 g/mol. The Bertz CT molecular complexity index is 673. The summed E-state index contributed by atoms with van der Waals surface area (Å²) in [6, 6.07) is 7.65. The van der Waals surface area contributed by atoms with E-state index in [4.69, 9.17) is 4.74 Å². The van der Waals surface area contributed by atoms with Crippen LogP contribution in [0.3, 0.4) is 0 Å². The van der Waals surface area contributed by atoms with Gasteiger partial charge in [-0.2, -0.15) is 0 Å². The number of ether oxygens (including phenoxy) is 1. The van der Waals surface area contributed by atoms with Gasteiger partial charge in [-0.1, -0.05) is 0 Å². The molecule has 3 heterocycles. The summed E-state index contributed by atoms with van der Waals surface area (Å²) in [6.07, 6.45) is 6.05. The SMILES string of the molecule is CN(C)c1ccc(C(=O)N[C@H]2COC[C@H]2Cc2ccncc2)cn1. The van der Waals surface area contributed by atoms with Crippen LogP contribution in [0, 0.1) is 5.92 Å². The third-order valence-corrected chi connectivity index (χ3v) is 4.23. The second kappa shape index (κ2) is 7.40. The highest BCUT2D eigenvalue weighted by molar-refractivity contribution is 5.94. The van der Waals surface area contributed by atoms with Crippen LogP contribution >= 0.6 is 0 Å². The smallest absolute Gasteiger partial charge is 0.253 e. The number of carbonyl (C=O) groups is 1. The highest BCUT2D eigenvalue weighted by atomic mass is 16.5. The van der Waals surface area contributed by atoms with Gasteiger partial charge in [0.05, 0.1) is 24.8 Å². The average molecular weight is 326 g/mol. The molecule has 6 nitrogen and oxygen atoms in total. The Kier molecular flexibility index (Phi) is 5.05. The summed E-state index contributed by atoms with van der Waals surface area (Å²) < 4.78 is 5.58. The first-order valence-electron chi connectivity index (χ1n) is 8.04. The van der Waals surface area contributed by atoms with E-state index in [-0.39, 0.29) is 17.9 Å². The van der Waals surface area contributed by atoms with Gasteiger partial charge in [-0.05, 0) is 36.2 Å². The van der Waals surface area contributed by atoms with Crippen LogP contribution in [0.2, 0.25) is 0 Å². The van der Waals surface area contributed by atoms with Crippen LogP contribution in [0.15, 0.2) is 42.9 Å². The van der Waals surface area contributed by atoms with Gasteiger partial charge in [-0.15, -0.1) is 0 Å². The molecule has 1 N–H and O–H groups in total. The van der Waals surface area contributed by atoms with E-state index in [1.807, 2.05) is 37.2 Å². The van der Waals surface area contributed by atoms with Crippen molar-refractivity contribution in [2.45, 2.75) is 12.5 Å². The number of amides is 1. The largest absolute Gasteiger partial charge is 0.379 e. The van der Waals surface area contributed by atoms with Gasteiger partial charge >= 0.3 is 0 Å². The average Bonchev–Trinajstić information content (AvgIpc) is 3.02. The summed E-state index contributed by atoms with van der Waals surface area (Å²) in [7, 11) is 3.84. The fourth-order valence-electron chi connectivity index (χ4n) is 2.82. The molecule has 6 heteroatoms. The van der Waals surface area contributed by atoms with Crippen LogP contribution in [0.1, 0.15) is 15.9 Å². The molecule has 24 heavy (non-hydrogen) atoms. The molecular formula is C18H22N4O2. The van der Waals surface area contributed by atoms with Crippen LogP contribution in [0.5, 0.6) is 0 Å². The van der Waals surface area contributed by atoms with Crippen molar-refractivity contribution in [1.82, 2.24) is 15.3 Å². The molecule has 3 rings (SSSR count). The molecular weight excluding hydrogens is 304 g/mol. The van der Waals surface area contributed by atoms with Crippen molar-refractivity contribution >= 4 is 11.7 Å². The number of pyridine rings is 2. The van der Waals surface area contributed by atoms with Gasteiger partial charge in [0.1, 0.15) is 5.82 Å². The second-order valence-corrected chi connectivity index (χ2v) is 6.24. The summed E-state index contributed by atoms with van der Waals surface area (Å²) in [6.45, 7) is 1.20. The number of aromatic nitrogens is 2. The predicted molar refractivity (Wildman–Crippen MR) is 92.1 cm³/mol. The molecule has 0 radical (unpaired) electrons. The number of hydrogen-bond acceptors (Lipinski definition) is 5. The molecule has 2 atom stereocenters. The summed E-state index contributed by atoms with van der Waals surface area (Å²) in [4.78, 5) is 22.7. The van der Waals surface area contributed by atoms with Crippen LogP contribution in [-0.2, 0) is 11.2 Å². The van der Waals surface area contributed by atoms with Gasteiger partial charge in [-0.25, -0.2) is 4.98 Å². The topological polar surface area (TPSA) is 67.4 Å². The molecule has 0 aromatic carbocycles. The number of rotatable bonds is 5. The first kappa shape index (κ1) is 16.4. The Labute approximate surface area is 141 Å². The molecule has 2 aromatic heterocycles. The Morgan fingerprint density at radius 1 is 1.25 bits per heavy atom. The second-order valence-electron chi connectivity index (χ2n) is 6.24. The Morgan fingerprint density at radius 3 is 2.71 bits per heavy atom. The van der Waals surface area contributed by atoms with Crippen molar-refractivity contribution in [1.29, 1.82) is 0 Å². The van der Waals surface area contributed by atoms with Gasteiger partial charge in [0, 0.05) is 38.6 Å². The number of hydrogen-bond donors (Lipinski definition) is 1. The molecule has 1 aliphatic heterocycles. The molecule has 0 spiro atoms. The lowest BCUT2D eigenvalue weighted by Crippen LogP contribution is -2.40. The lowest BCUT2D eigenvalue weighted by molar-refractivity contribution is 0.0924. The van der Waals surface area contributed by atoms with E-state index < -0.39 is 0 Å². The fraction of sp³-hybridized carbons (Fsp3) is 0.389. The first-order chi connectivity index (χ1) is 11.6. The van der Waals surface area contributed by atoms with E-state index in [0.717, 1.165) is 12.2 Å². The van der Waals surface area contributed by atoms with Crippen LogP contribution in [0.25, 0.3) is 0 Å². The quantitative estimate of drug-likeness (QED) is 0.902. The van der Waals surface area contributed by atoms with E-state index in [1.165, 1.54) is 5.56 Å². The normalized spacial score (nSPS) is 19.9. The summed E-state index contributed by atoms with van der Waals surface area (Å²) in [5.41, 5.74) is 1.77. The minimum Gasteiger partial charge on any atom is -0.379 e. The van der Waals surface area contributed by atoms with Crippen LogP contribution in [-0.4, -0.2) is 49.2 Å². The van der Waals surface area contributed by atoms with Crippen molar-refractivity contribution in [2.75, 3.05) is 32.2 Å². The minimum absolute atomic E-state index is 0.0131. The maximum Gasteiger partial charge on any atom is 0.253 e. The van der Waals surface area contributed by atoms with Gasteiger partial charge in [0.2, 0.25) is 0 Å². The van der Waals surface area contributed by atoms with E-state index in [0.29, 0.717) is 18.8 Å². The molecule has 0 bridgehead atoms. The molecule has 0 unspecified atom stereocenters. The minimum atomic E-state index is -0.108. The number of anilines is 1. The lowest BCUT2D eigenvalue weighted by Gasteiger charge is -2.19. The van der Waals surface area contributed by atoms with Crippen molar-refractivity contribution in [3.05, 3.63) is 54.0 Å². The van der Waals surface area contributed by atoms with Crippen LogP contribution < -0.4 is 10.2 Å². The van der Waals surface area contributed by atoms with E-state index in [9.17, 15) is 4.79 Å². The maximum absolute atomic E-state index is 12.4. The molecule has 2 aromatic rings. The van der Waals surface area contributed by atoms with Crippen molar-refractivity contribution in [3.8, 4) is 0 Å². The van der Waals surface area contributed by atoms with E-state index in [1.54, 1.807) is 24.7 Å². The summed E-state index contributed by atoms with van der Waals surface area (Å²) in [5, 5.41) is 3.08. The van der Waals surface area contributed by atoms with Crippen molar-refractivity contribution in [2.24, 2.45) is 5.92 Å². The Balaban J connectivity index is 1.62. The molecule has 126 valence electrons. The number of nitrogens with one attached hydrogen (secondary N) is 1. The zero-order valence-electron chi connectivity index (χ0n) is 14.0. The molecule has 1 fully saturated rings. The maximum atomic E-state index is 12.4. The van der Waals surface area contributed by atoms with Gasteiger partial charge in [0.15, 0.2) is 0 Å². The fourth-order valence-corrected chi connectivity index (χ4v) is 2.82. The highest BCUT2D eigenvalue weighted by Gasteiger charge is 2.30. The van der Waals surface area contributed by atoms with E-state index in [2.05, 4.69) is 15.3 Å². The summed E-state index contributed by atoms with van der Waals surface area (Å²) >= 11 is 0. The third kappa shape index (κ3) is 3.89. The molecule has 0 saturated carbocycles. The number of nitrogens with zero attached hydrogens (tertiary/aromatic N) is 3. The predicted octanol–water partition coefficient (Wildman–Crippen LogP) is 1.53. The number of carbonyl (C=O) groups excluding carboxylic acids is 1. The molecule has 1 amide bonds. The van der Waals surface area contributed by atoms with E-state index >= 15 is 0 Å². The Morgan fingerprint density at radius 2 is 2.04 bits per heavy atom. The van der Waals surface area contributed by atoms with Gasteiger partial charge in [0.25, 0.3) is 5.91 Å². The Hall–Kier alpha value is -2.47. The standard InChI is InChI=1S/C18H22N4O2/c1-22(2)17-4-3-14(10-20-17)18(23)21-16-12-24-11-15(16)9-13-5-7-19-8-6-13/h3-8,10,15-16H,9,11-12H2,1-2H3,(H,21,23)/t15-,16+/m1/s1. The zero-order chi connectivity index (χ0) is 16.9. The molecule has 0 aliphatic carbocycles. The summed E-state index contributed by atoms with van der Waals surface area (Å²) in [5.74, 6) is 0.986. The third-order valence-electron chi connectivity index (χ3n) is 4.23. The van der Waals surface area contributed by atoms with Gasteiger partial charge < -0.3 is 15.0 Å². The van der Waals surface area contributed by atoms with Crippen molar-refractivity contribution < 1.29 is 9.53 Å². The zero-order valence-corrected chi connectivity index (χ0v) is 14.0.